The molecular formula is C23H41N3O2. The summed E-state index contributed by atoms with van der Waals surface area (Å²) < 4.78 is 0. The molecule has 0 saturated heterocycles. The molecular weight excluding hydrogens is 350 g/mol. The van der Waals surface area contributed by atoms with Gasteiger partial charge < -0.3 is 21.9 Å². The maximum Gasteiger partial charge on any atom is 0.251 e. The molecule has 0 unspecified atom stereocenters. The number of benzene rings is 1. The van der Waals surface area contributed by atoms with Crippen LogP contribution >= 0.6 is 0 Å². The van der Waals surface area contributed by atoms with Crippen LogP contribution in [0.15, 0.2) is 12.1 Å². The van der Waals surface area contributed by atoms with Crippen molar-refractivity contribution in [3.05, 3.63) is 17.7 Å². The minimum absolute atomic E-state index is 0.127. The van der Waals surface area contributed by atoms with E-state index in [9.17, 15) is 9.90 Å². The van der Waals surface area contributed by atoms with Gasteiger partial charge in [-0.25, -0.2) is 0 Å². The number of hydrogen-bond donors (Lipinski definition) is 4. The van der Waals surface area contributed by atoms with E-state index in [0.717, 1.165) is 12.8 Å². The number of anilines is 2. The summed E-state index contributed by atoms with van der Waals surface area (Å²) in [6.45, 7) is 2.92. The van der Waals surface area contributed by atoms with E-state index in [1.54, 1.807) is 0 Å². The van der Waals surface area contributed by atoms with E-state index >= 15 is 0 Å². The van der Waals surface area contributed by atoms with Gasteiger partial charge >= 0.3 is 0 Å². The number of carbonyl (C=O) groups excluding carboxylic acids is 1. The molecule has 5 heteroatoms. The second kappa shape index (κ2) is 15.1. The Hall–Kier alpha value is -1.91. The van der Waals surface area contributed by atoms with Gasteiger partial charge in [0.2, 0.25) is 0 Å². The van der Waals surface area contributed by atoms with Crippen LogP contribution in [0.4, 0.5) is 11.4 Å². The fourth-order valence-corrected chi connectivity index (χ4v) is 3.43. The summed E-state index contributed by atoms with van der Waals surface area (Å²) in [5.41, 5.74) is 11.9. The zero-order valence-electron chi connectivity index (χ0n) is 17.8. The van der Waals surface area contributed by atoms with Crippen molar-refractivity contribution >= 4 is 17.3 Å². The highest BCUT2D eigenvalue weighted by atomic mass is 16.3. The lowest BCUT2D eigenvalue weighted by molar-refractivity contribution is 0.0953. The van der Waals surface area contributed by atoms with Crippen molar-refractivity contribution in [3.8, 4) is 5.75 Å². The van der Waals surface area contributed by atoms with Gasteiger partial charge in [0.15, 0.2) is 5.75 Å². The first-order valence-corrected chi connectivity index (χ1v) is 11.2. The lowest BCUT2D eigenvalue weighted by Crippen LogP contribution is -2.24. The number of aromatic hydroxyl groups is 1. The van der Waals surface area contributed by atoms with Crippen molar-refractivity contribution in [1.82, 2.24) is 5.32 Å². The van der Waals surface area contributed by atoms with E-state index in [4.69, 9.17) is 11.5 Å². The normalized spacial score (nSPS) is 10.9. The van der Waals surface area contributed by atoms with Crippen LogP contribution in [0.5, 0.6) is 5.75 Å². The summed E-state index contributed by atoms with van der Waals surface area (Å²) in [6, 6.07) is 2.90. The van der Waals surface area contributed by atoms with Crippen LogP contribution in [0.2, 0.25) is 0 Å². The van der Waals surface area contributed by atoms with Crippen molar-refractivity contribution in [2.75, 3.05) is 18.0 Å². The monoisotopic (exact) mass is 391 g/mol. The zero-order chi connectivity index (χ0) is 20.6. The van der Waals surface area contributed by atoms with Gasteiger partial charge in [0, 0.05) is 12.1 Å². The molecule has 0 aliphatic rings. The van der Waals surface area contributed by atoms with Gasteiger partial charge in [-0.05, 0) is 18.6 Å². The number of unbranched alkanes of at least 4 members (excludes halogenated alkanes) is 13. The molecule has 0 spiro atoms. The Morgan fingerprint density at radius 1 is 0.786 bits per heavy atom. The highest BCUT2D eigenvalue weighted by Crippen LogP contribution is 2.28. The van der Waals surface area contributed by atoms with Gasteiger partial charge in [0.25, 0.3) is 5.91 Å². The fraction of sp³-hybridized carbons (Fsp3) is 0.696. The third-order valence-electron chi connectivity index (χ3n) is 5.25. The molecule has 1 amide bonds. The second-order valence-electron chi connectivity index (χ2n) is 7.86. The Kier molecular flexibility index (Phi) is 13.0. The summed E-state index contributed by atoms with van der Waals surface area (Å²) in [5.74, 6) is -0.364. The maximum absolute atomic E-state index is 12.1. The molecule has 0 aliphatic carbocycles. The predicted molar refractivity (Wildman–Crippen MR) is 120 cm³/mol. The first-order chi connectivity index (χ1) is 13.6. The molecule has 160 valence electrons. The van der Waals surface area contributed by atoms with E-state index < -0.39 is 0 Å². The molecule has 5 nitrogen and oxygen atoms in total. The number of carbonyl (C=O) groups is 1. The molecule has 0 heterocycles. The topological polar surface area (TPSA) is 101 Å². The van der Waals surface area contributed by atoms with Crippen LogP contribution in [-0.4, -0.2) is 17.6 Å². The van der Waals surface area contributed by atoms with E-state index in [1.807, 2.05) is 0 Å². The van der Waals surface area contributed by atoms with Crippen LogP contribution in [0.25, 0.3) is 0 Å². The second-order valence-corrected chi connectivity index (χ2v) is 7.86. The summed E-state index contributed by atoms with van der Waals surface area (Å²) in [4.78, 5) is 12.1. The molecule has 28 heavy (non-hydrogen) atoms. The molecule has 0 radical (unpaired) electrons. The SMILES string of the molecule is CCCCCCCCCCCCCCCCNC(=O)c1cc(N)c(O)c(N)c1. The number of hydrogen-bond acceptors (Lipinski definition) is 4. The molecule has 1 aromatic rings. The third-order valence-corrected chi connectivity index (χ3v) is 5.25. The first kappa shape index (κ1) is 24.1. The number of nitrogen functional groups attached to an aromatic ring is 2. The molecule has 0 atom stereocenters. The van der Waals surface area contributed by atoms with Crippen LogP contribution in [0.3, 0.4) is 0 Å². The van der Waals surface area contributed by atoms with E-state index in [-0.39, 0.29) is 23.0 Å². The minimum Gasteiger partial charge on any atom is -0.504 e. The molecule has 0 aliphatic heterocycles. The summed E-state index contributed by atoms with van der Waals surface area (Å²) in [5, 5.41) is 12.4. The standard InChI is InChI=1S/C23H41N3O2/c1-2-3-4-5-6-7-8-9-10-11-12-13-14-15-16-26-23(28)19-17-20(24)22(27)21(25)18-19/h17-18,27H,2-16,24-25H2,1H3,(H,26,28). The largest absolute Gasteiger partial charge is 0.504 e. The molecule has 0 saturated carbocycles. The van der Waals surface area contributed by atoms with E-state index in [2.05, 4.69) is 12.2 Å². The van der Waals surface area contributed by atoms with Crippen LogP contribution in [0.1, 0.15) is 107 Å². The number of nitrogens with one attached hydrogen (secondary N) is 1. The Bertz CT molecular complexity index is 538. The molecule has 1 aromatic carbocycles. The van der Waals surface area contributed by atoms with E-state index in [1.165, 1.54) is 89.2 Å². The van der Waals surface area contributed by atoms with Gasteiger partial charge in [0.1, 0.15) is 0 Å². The summed E-state index contributed by atoms with van der Waals surface area (Å²) >= 11 is 0. The Balaban J connectivity index is 1.93. The quantitative estimate of drug-likeness (QED) is 0.163. The van der Waals surface area contributed by atoms with Crippen molar-refractivity contribution in [1.29, 1.82) is 0 Å². The van der Waals surface area contributed by atoms with Gasteiger partial charge in [-0.1, -0.05) is 90.4 Å². The molecule has 1 rings (SSSR count). The average Bonchev–Trinajstić information content (AvgIpc) is 2.68. The minimum atomic E-state index is -0.201. The lowest BCUT2D eigenvalue weighted by atomic mass is 10.0. The fourth-order valence-electron chi connectivity index (χ4n) is 3.43. The number of phenols is 1. The number of rotatable bonds is 16. The first-order valence-electron chi connectivity index (χ1n) is 11.2. The predicted octanol–water partition coefficient (Wildman–Crippen LogP) is 5.77. The zero-order valence-corrected chi connectivity index (χ0v) is 17.8. The Morgan fingerprint density at radius 2 is 1.18 bits per heavy atom. The van der Waals surface area contributed by atoms with Gasteiger partial charge in [0.05, 0.1) is 11.4 Å². The average molecular weight is 392 g/mol. The van der Waals surface area contributed by atoms with Crippen molar-refractivity contribution in [3.63, 3.8) is 0 Å². The molecule has 0 bridgehead atoms. The molecule has 6 N–H and O–H groups in total. The molecule has 0 aromatic heterocycles. The van der Waals surface area contributed by atoms with E-state index in [0.29, 0.717) is 12.1 Å². The lowest BCUT2D eigenvalue weighted by Gasteiger charge is -2.08. The number of amides is 1. The number of phenolic OH excluding ortho intramolecular Hbond substituents is 1. The van der Waals surface area contributed by atoms with Gasteiger partial charge in [-0.3, -0.25) is 4.79 Å². The highest BCUT2D eigenvalue weighted by molar-refractivity contribution is 5.97. The van der Waals surface area contributed by atoms with Gasteiger partial charge in [-0.15, -0.1) is 0 Å². The Labute approximate surface area is 171 Å². The highest BCUT2D eigenvalue weighted by Gasteiger charge is 2.10. The van der Waals surface area contributed by atoms with Crippen LogP contribution in [-0.2, 0) is 0 Å². The van der Waals surface area contributed by atoms with Crippen LogP contribution < -0.4 is 16.8 Å². The summed E-state index contributed by atoms with van der Waals surface area (Å²) in [7, 11) is 0. The number of nitrogens with two attached hydrogens (primary N) is 2. The van der Waals surface area contributed by atoms with Crippen molar-refractivity contribution in [2.24, 2.45) is 0 Å². The maximum atomic E-state index is 12.1. The third kappa shape index (κ3) is 10.4. The van der Waals surface area contributed by atoms with Crippen molar-refractivity contribution < 1.29 is 9.90 Å². The Morgan fingerprint density at radius 3 is 1.61 bits per heavy atom. The summed E-state index contributed by atoms with van der Waals surface area (Å²) in [6.07, 6.45) is 18.4. The molecule has 0 fully saturated rings. The van der Waals surface area contributed by atoms with Crippen LogP contribution in [0, 0.1) is 0 Å². The van der Waals surface area contributed by atoms with Crippen molar-refractivity contribution in [2.45, 2.75) is 96.8 Å². The smallest absolute Gasteiger partial charge is 0.251 e. The van der Waals surface area contributed by atoms with Gasteiger partial charge in [-0.2, -0.15) is 0 Å².